The summed E-state index contributed by atoms with van der Waals surface area (Å²) >= 11 is 3.84. The molecule has 0 amide bonds. The summed E-state index contributed by atoms with van der Waals surface area (Å²) in [4.78, 5) is 24.4. The average molecular weight is 420 g/mol. The van der Waals surface area contributed by atoms with Gasteiger partial charge in [-0.2, -0.15) is 0 Å². The van der Waals surface area contributed by atoms with Crippen LogP contribution >= 0.6 is 33.9 Å². The summed E-state index contributed by atoms with van der Waals surface area (Å²) in [5.74, 6) is 0.0376. The first-order chi connectivity index (χ1) is 10.6. The Morgan fingerprint density at radius 3 is 2.36 bits per heavy atom. The second-order valence-electron chi connectivity index (χ2n) is 5.03. The van der Waals surface area contributed by atoms with E-state index in [9.17, 15) is 9.59 Å². The molecule has 0 saturated heterocycles. The number of hydrogen-bond donors (Lipinski definition) is 0. The molecule has 0 aliphatic heterocycles. The summed E-state index contributed by atoms with van der Waals surface area (Å²) in [6.45, 7) is 0. The highest BCUT2D eigenvalue weighted by atomic mass is 127. The van der Waals surface area contributed by atoms with Crippen molar-refractivity contribution in [2.45, 2.75) is 12.8 Å². The zero-order chi connectivity index (χ0) is 15.5. The smallest absolute Gasteiger partial charge is 0.163 e. The van der Waals surface area contributed by atoms with Crippen LogP contribution in [0.3, 0.4) is 0 Å². The molecule has 0 fully saturated rings. The van der Waals surface area contributed by atoms with Gasteiger partial charge in [0.1, 0.15) is 0 Å². The number of carbonyl (C=O) groups is 2. The number of carbonyl (C=O) groups excluding carboxylic acids is 2. The van der Waals surface area contributed by atoms with E-state index in [2.05, 4.69) is 22.6 Å². The highest BCUT2D eigenvalue weighted by molar-refractivity contribution is 14.1. The number of Topliss-reactive ketones (excluding diaryl/α,β-unsaturated/α-hetero) is 2. The van der Waals surface area contributed by atoms with Gasteiger partial charge in [-0.1, -0.05) is 12.1 Å². The maximum Gasteiger partial charge on any atom is 0.163 e. The van der Waals surface area contributed by atoms with Crippen molar-refractivity contribution in [1.29, 1.82) is 0 Å². The minimum atomic E-state index is 0.0171. The molecule has 2 nitrogen and oxygen atoms in total. The average Bonchev–Trinajstić information content (AvgIpc) is 2.99. The van der Waals surface area contributed by atoms with Crippen LogP contribution < -0.4 is 0 Å². The monoisotopic (exact) mass is 420 g/mol. The highest BCUT2D eigenvalue weighted by Crippen LogP contribution is 2.22. The van der Waals surface area contributed by atoms with E-state index in [-0.39, 0.29) is 24.4 Å². The van der Waals surface area contributed by atoms with Crippen LogP contribution in [0, 0.1) is 3.57 Å². The van der Waals surface area contributed by atoms with Crippen LogP contribution in [0.25, 0.3) is 10.1 Å². The summed E-state index contributed by atoms with van der Waals surface area (Å²) in [5.41, 5.74) is 1.36. The quantitative estimate of drug-likeness (QED) is 0.412. The summed E-state index contributed by atoms with van der Waals surface area (Å²) in [7, 11) is 0. The van der Waals surface area contributed by atoms with E-state index < -0.39 is 0 Å². The van der Waals surface area contributed by atoms with Crippen LogP contribution in [-0.2, 0) is 0 Å². The molecule has 110 valence electrons. The molecule has 0 N–H and O–H groups in total. The molecule has 0 aliphatic carbocycles. The fourth-order valence-electron chi connectivity index (χ4n) is 2.32. The summed E-state index contributed by atoms with van der Waals surface area (Å²) < 4.78 is 2.20. The van der Waals surface area contributed by atoms with Crippen LogP contribution in [0.4, 0.5) is 0 Å². The Hall–Kier alpha value is -1.53. The molecule has 3 rings (SSSR count). The molecule has 0 radical (unpaired) electrons. The number of fused-ring (bicyclic) bond motifs is 1. The molecule has 3 aromatic rings. The van der Waals surface area contributed by atoms with E-state index in [0.717, 1.165) is 8.96 Å². The Labute approximate surface area is 146 Å². The van der Waals surface area contributed by atoms with Crippen LogP contribution in [0.15, 0.2) is 53.9 Å². The lowest BCUT2D eigenvalue weighted by Crippen LogP contribution is -2.05. The van der Waals surface area contributed by atoms with Gasteiger partial charge < -0.3 is 0 Å². The SMILES string of the molecule is O=C(CCC(=O)c1ccc2sccc2c1)c1cccc(I)c1. The van der Waals surface area contributed by atoms with Gasteiger partial charge in [-0.3, -0.25) is 9.59 Å². The van der Waals surface area contributed by atoms with Crippen molar-refractivity contribution in [3.8, 4) is 0 Å². The van der Waals surface area contributed by atoms with E-state index in [1.165, 1.54) is 4.70 Å². The van der Waals surface area contributed by atoms with Gasteiger partial charge in [0.15, 0.2) is 11.6 Å². The largest absolute Gasteiger partial charge is 0.294 e. The molecular formula is C18H13IO2S. The number of halogens is 1. The molecule has 22 heavy (non-hydrogen) atoms. The zero-order valence-corrected chi connectivity index (χ0v) is 14.7. The van der Waals surface area contributed by atoms with Gasteiger partial charge in [0.05, 0.1) is 0 Å². The number of benzene rings is 2. The second kappa shape index (κ2) is 6.71. The topological polar surface area (TPSA) is 34.1 Å². The van der Waals surface area contributed by atoms with E-state index >= 15 is 0 Å². The predicted octanol–water partition coefficient (Wildman–Crippen LogP) is 5.35. The molecule has 0 spiro atoms. The second-order valence-corrected chi connectivity index (χ2v) is 7.22. The van der Waals surface area contributed by atoms with Gasteiger partial charge in [0.25, 0.3) is 0 Å². The summed E-state index contributed by atoms with van der Waals surface area (Å²) in [6.07, 6.45) is 0.501. The summed E-state index contributed by atoms with van der Waals surface area (Å²) in [6, 6.07) is 15.2. The van der Waals surface area contributed by atoms with E-state index in [0.29, 0.717) is 11.1 Å². The summed E-state index contributed by atoms with van der Waals surface area (Å²) in [5, 5.41) is 3.10. The van der Waals surface area contributed by atoms with E-state index in [4.69, 9.17) is 0 Å². The van der Waals surface area contributed by atoms with Crippen molar-refractivity contribution in [2.24, 2.45) is 0 Å². The molecule has 0 saturated carbocycles. The third-order valence-corrected chi connectivity index (χ3v) is 5.07. The van der Waals surface area contributed by atoms with Crippen molar-refractivity contribution in [3.63, 3.8) is 0 Å². The third-order valence-electron chi connectivity index (χ3n) is 3.50. The first kappa shape index (κ1) is 15.4. The molecule has 2 aromatic carbocycles. The van der Waals surface area contributed by atoms with Gasteiger partial charge in [0, 0.05) is 32.2 Å². The molecule has 4 heteroatoms. The van der Waals surface area contributed by atoms with Crippen molar-refractivity contribution in [3.05, 3.63) is 68.6 Å². The lowest BCUT2D eigenvalue weighted by atomic mass is 10.0. The van der Waals surface area contributed by atoms with Crippen LogP contribution in [0.1, 0.15) is 33.6 Å². The lowest BCUT2D eigenvalue weighted by Gasteiger charge is -2.03. The molecule has 0 bridgehead atoms. The first-order valence-electron chi connectivity index (χ1n) is 6.93. The number of ketones is 2. The molecule has 0 unspecified atom stereocenters. The van der Waals surface area contributed by atoms with Crippen molar-refractivity contribution >= 4 is 55.6 Å². The molecule has 1 heterocycles. The Kier molecular flexibility index (Phi) is 4.69. The van der Waals surface area contributed by atoms with E-state index in [1.807, 2.05) is 47.8 Å². The normalized spacial score (nSPS) is 10.8. The fourth-order valence-corrected chi connectivity index (χ4v) is 3.63. The van der Waals surface area contributed by atoms with Crippen molar-refractivity contribution in [2.75, 3.05) is 0 Å². The van der Waals surface area contributed by atoms with Crippen LogP contribution in [0.5, 0.6) is 0 Å². The van der Waals surface area contributed by atoms with Crippen LogP contribution in [-0.4, -0.2) is 11.6 Å². The molecule has 0 atom stereocenters. The van der Waals surface area contributed by atoms with Crippen molar-refractivity contribution in [1.82, 2.24) is 0 Å². The Balaban J connectivity index is 1.67. The predicted molar refractivity (Wildman–Crippen MR) is 98.9 cm³/mol. The number of hydrogen-bond acceptors (Lipinski definition) is 3. The lowest BCUT2D eigenvalue weighted by molar-refractivity contribution is 0.0917. The standard InChI is InChI=1S/C18H13IO2S/c19-15-3-1-2-12(11-15)16(20)5-6-17(21)13-4-7-18-14(10-13)8-9-22-18/h1-4,7-11H,5-6H2. The van der Waals surface area contributed by atoms with E-state index in [1.54, 1.807) is 17.4 Å². The van der Waals surface area contributed by atoms with Gasteiger partial charge >= 0.3 is 0 Å². The number of rotatable bonds is 5. The van der Waals surface area contributed by atoms with Gasteiger partial charge in [-0.05, 0) is 69.8 Å². The Bertz CT molecular complexity index is 851. The number of thiophene rings is 1. The third kappa shape index (κ3) is 3.44. The Morgan fingerprint density at radius 1 is 0.909 bits per heavy atom. The minimum absolute atomic E-state index is 0.0171. The molecule has 1 aromatic heterocycles. The Morgan fingerprint density at radius 2 is 1.64 bits per heavy atom. The van der Waals surface area contributed by atoms with Gasteiger partial charge in [-0.15, -0.1) is 11.3 Å². The highest BCUT2D eigenvalue weighted by Gasteiger charge is 2.12. The van der Waals surface area contributed by atoms with Gasteiger partial charge in [0.2, 0.25) is 0 Å². The van der Waals surface area contributed by atoms with Crippen molar-refractivity contribution < 1.29 is 9.59 Å². The fraction of sp³-hybridized carbons (Fsp3) is 0.111. The maximum absolute atomic E-state index is 12.3. The van der Waals surface area contributed by atoms with Gasteiger partial charge in [-0.25, -0.2) is 0 Å². The maximum atomic E-state index is 12.3. The van der Waals surface area contributed by atoms with Crippen LogP contribution in [0.2, 0.25) is 0 Å². The minimum Gasteiger partial charge on any atom is -0.294 e. The molecule has 0 aliphatic rings. The zero-order valence-electron chi connectivity index (χ0n) is 11.7. The first-order valence-corrected chi connectivity index (χ1v) is 8.88. The molecular weight excluding hydrogens is 407 g/mol.